The van der Waals surface area contributed by atoms with Crippen LogP contribution in [0.1, 0.15) is 26.3 Å². The second-order valence-corrected chi connectivity index (χ2v) is 4.84. The van der Waals surface area contributed by atoms with Crippen LogP contribution in [0.4, 0.5) is 5.69 Å². The molecule has 1 N–H and O–H groups in total. The molecule has 0 saturated heterocycles. The van der Waals surface area contributed by atoms with Gasteiger partial charge in [-0.15, -0.1) is 0 Å². The summed E-state index contributed by atoms with van der Waals surface area (Å²) < 4.78 is 0. The maximum absolute atomic E-state index is 12.1. The van der Waals surface area contributed by atoms with Crippen LogP contribution in [-0.4, -0.2) is 29.8 Å². The average molecular weight is 287 g/mol. The van der Waals surface area contributed by atoms with E-state index in [4.69, 9.17) is 5.26 Å². The second-order valence-electron chi connectivity index (χ2n) is 4.84. The van der Waals surface area contributed by atoms with E-state index in [-0.39, 0.29) is 12.5 Å². The molecule has 112 valence electrons. The topological polar surface area (TPSA) is 73.2 Å². The van der Waals surface area contributed by atoms with Crippen molar-refractivity contribution in [3.63, 3.8) is 0 Å². The van der Waals surface area contributed by atoms with Crippen molar-refractivity contribution in [1.82, 2.24) is 4.90 Å². The molecule has 1 atom stereocenters. The van der Waals surface area contributed by atoms with Crippen molar-refractivity contribution in [3.05, 3.63) is 29.8 Å². The smallest absolute Gasteiger partial charge is 0.313 e. The van der Waals surface area contributed by atoms with E-state index >= 15 is 0 Å². The zero-order valence-corrected chi connectivity index (χ0v) is 12.7. The first-order valence-electron chi connectivity index (χ1n) is 7.11. The van der Waals surface area contributed by atoms with Gasteiger partial charge in [-0.25, -0.2) is 0 Å². The largest absolute Gasteiger partial charge is 0.333 e. The number of anilines is 1. The molecule has 0 bridgehead atoms. The molecule has 0 aliphatic carbocycles. The number of hydrogen-bond donors (Lipinski definition) is 1. The molecule has 0 aliphatic heterocycles. The number of nitrogens with one attached hydrogen (secondary N) is 1. The zero-order chi connectivity index (χ0) is 15.8. The van der Waals surface area contributed by atoms with Gasteiger partial charge in [-0.05, 0) is 31.9 Å². The number of carbonyl (C=O) groups excluding carboxylic acids is 2. The first-order valence-corrected chi connectivity index (χ1v) is 7.11. The molecule has 5 nitrogen and oxygen atoms in total. The van der Waals surface area contributed by atoms with Gasteiger partial charge in [0.2, 0.25) is 0 Å². The number of hydrogen-bond acceptors (Lipinski definition) is 3. The Morgan fingerprint density at radius 3 is 2.57 bits per heavy atom. The first-order chi connectivity index (χ1) is 10.0. The highest BCUT2D eigenvalue weighted by Gasteiger charge is 2.22. The van der Waals surface area contributed by atoms with Gasteiger partial charge in [0.1, 0.15) is 0 Å². The van der Waals surface area contributed by atoms with E-state index < -0.39 is 11.8 Å². The molecule has 2 amide bonds. The summed E-state index contributed by atoms with van der Waals surface area (Å²) in [4.78, 5) is 25.6. The minimum absolute atomic E-state index is 0.259. The third-order valence-electron chi connectivity index (χ3n) is 3.22. The van der Waals surface area contributed by atoms with Gasteiger partial charge < -0.3 is 10.2 Å². The van der Waals surface area contributed by atoms with Crippen molar-refractivity contribution in [1.29, 1.82) is 5.26 Å². The molecule has 0 fully saturated rings. The lowest BCUT2D eigenvalue weighted by Crippen LogP contribution is -2.41. The van der Waals surface area contributed by atoms with E-state index in [1.54, 1.807) is 19.9 Å². The van der Waals surface area contributed by atoms with Crippen molar-refractivity contribution < 1.29 is 9.59 Å². The van der Waals surface area contributed by atoms with Crippen molar-refractivity contribution in [2.45, 2.75) is 27.2 Å². The molecular formula is C16H21N3O2. The van der Waals surface area contributed by atoms with Crippen LogP contribution in [-0.2, 0) is 16.0 Å². The Morgan fingerprint density at radius 2 is 2.00 bits per heavy atom. The van der Waals surface area contributed by atoms with Gasteiger partial charge in [-0.2, -0.15) is 5.26 Å². The van der Waals surface area contributed by atoms with Crippen molar-refractivity contribution in [2.75, 3.05) is 18.4 Å². The number of carbonyl (C=O) groups is 2. The maximum atomic E-state index is 12.1. The molecule has 0 spiro atoms. The van der Waals surface area contributed by atoms with Crippen molar-refractivity contribution in [2.24, 2.45) is 5.92 Å². The number of benzene rings is 1. The van der Waals surface area contributed by atoms with E-state index in [1.807, 2.05) is 25.1 Å². The van der Waals surface area contributed by atoms with Gasteiger partial charge in [0.15, 0.2) is 0 Å². The molecule has 1 rings (SSSR count). The summed E-state index contributed by atoms with van der Waals surface area (Å²) in [5.41, 5.74) is 1.63. The summed E-state index contributed by atoms with van der Waals surface area (Å²) in [6, 6.07) is 9.46. The molecule has 5 heteroatoms. The van der Waals surface area contributed by atoms with E-state index in [0.29, 0.717) is 12.2 Å². The number of amides is 2. The molecule has 21 heavy (non-hydrogen) atoms. The van der Waals surface area contributed by atoms with Crippen molar-refractivity contribution >= 4 is 17.5 Å². The monoisotopic (exact) mass is 287 g/mol. The van der Waals surface area contributed by atoms with Gasteiger partial charge in [0, 0.05) is 18.8 Å². The average Bonchev–Trinajstić information content (AvgIpc) is 2.51. The number of nitriles is 1. The van der Waals surface area contributed by atoms with Crippen LogP contribution in [0, 0.1) is 17.2 Å². The summed E-state index contributed by atoms with van der Waals surface area (Å²) in [6.07, 6.45) is 0.771. The quantitative estimate of drug-likeness (QED) is 0.844. The Balaban J connectivity index is 2.78. The maximum Gasteiger partial charge on any atom is 0.313 e. The van der Waals surface area contributed by atoms with Gasteiger partial charge in [0.05, 0.1) is 12.0 Å². The van der Waals surface area contributed by atoms with Gasteiger partial charge in [-0.1, -0.05) is 25.1 Å². The lowest BCUT2D eigenvalue weighted by atomic mass is 10.1. The fourth-order valence-corrected chi connectivity index (χ4v) is 2.00. The Bertz CT molecular complexity index is 549. The third-order valence-corrected chi connectivity index (χ3v) is 3.22. The fourth-order valence-electron chi connectivity index (χ4n) is 2.00. The summed E-state index contributed by atoms with van der Waals surface area (Å²) in [6.45, 7) is 6.15. The Morgan fingerprint density at radius 1 is 1.33 bits per heavy atom. The van der Waals surface area contributed by atoms with Gasteiger partial charge in [0.25, 0.3) is 0 Å². The highest BCUT2D eigenvalue weighted by Crippen LogP contribution is 2.15. The Labute approximate surface area is 125 Å². The predicted octanol–water partition coefficient (Wildman–Crippen LogP) is 2.20. The lowest BCUT2D eigenvalue weighted by Gasteiger charge is -2.21. The van der Waals surface area contributed by atoms with Gasteiger partial charge in [-0.3, -0.25) is 9.59 Å². The highest BCUT2D eigenvalue weighted by atomic mass is 16.2. The van der Waals surface area contributed by atoms with Crippen LogP contribution in [0.15, 0.2) is 24.3 Å². The summed E-state index contributed by atoms with van der Waals surface area (Å²) in [5.74, 6) is -1.57. The Kier molecular flexibility index (Phi) is 6.41. The van der Waals surface area contributed by atoms with E-state index in [0.717, 1.165) is 12.0 Å². The van der Waals surface area contributed by atoms with Gasteiger partial charge >= 0.3 is 11.8 Å². The summed E-state index contributed by atoms with van der Waals surface area (Å²) in [7, 11) is 0. The van der Waals surface area contributed by atoms with E-state index in [1.165, 1.54) is 4.90 Å². The summed E-state index contributed by atoms with van der Waals surface area (Å²) in [5, 5.41) is 11.5. The lowest BCUT2D eigenvalue weighted by molar-refractivity contribution is -0.143. The number of para-hydroxylation sites is 1. The minimum atomic E-state index is -0.664. The molecule has 0 heterocycles. The van der Waals surface area contributed by atoms with E-state index in [2.05, 4.69) is 11.4 Å². The Hall–Kier alpha value is -2.35. The number of aryl methyl sites for hydroxylation is 1. The normalized spacial score (nSPS) is 11.3. The molecule has 1 aromatic carbocycles. The first kappa shape index (κ1) is 16.7. The second kappa shape index (κ2) is 8.05. The van der Waals surface area contributed by atoms with Crippen LogP contribution in [0.3, 0.4) is 0 Å². The zero-order valence-electron chi connectivity index (χ0n) is 12.7. The molecule has 0 saturated carbocycles. The number of nitrogens with zero attached hydrogens (tertiary/aromatic N) is 2. The molecule has 0 aliphatic rings. The number of rotatable bonds is 5. The fraction of sp³-hybridized carbons (Fsp3) is 0.438. The number of likely N-dealkylation sites (N-methyl/N-ethyl adjacent to an activating group) is 1. The predicted molar refractivity (Wildman–Crippen MR) is 81.5 cm³/mol. The molecule has 0 radical (unpaired) electrons. The van der Waals surface area contributed by atoms with Crippen LogP contribution in [0.5, 0.6) is 0 Å². The standard InChI is InChI=1S/C16H21N3O2/c1-4-13-8-6-7-9-14(13)18-15(20)16(21)19(5-2)11-12(3)10-17/h6-9,12H,4-5,11H2,1-3H3,(H,18,20)/t12-/m0/s1. The van der Waals surface area contributed by atoms with Crippen LogP contribution >= 0.6 is 0 Å². The van der Waals surface area contributed by atoms with Crippen LogP contribution < -0.4 is 5.32 Å². The van der Waals surface area contributed by atoms with Crippen LogP contribution in [0.2, 0.25) is 0 Å². The minimum Gasteiger partial charge on any atom is -0.333 e. The van der Waals surface area contributed by atoms with Crippen LogP contribution in [0.25, 0.3) is 0 Å². The molecular weight excluding hydrogens is 266 g/mol. The van der Waals surface area contributed by atoms with E-state index in [9.17, 15) is 9.59 Å². The molecule has 0 unspecified atom stereocenters. The summed E-state index contributed by atoms with van der Waals surface area (Å²) >= 11 is 0. The molecule has 1 aromatic rings. The SMILES string of the molecule is CCc1ccccc1NC(=O)C(=O)N(CC)C[C@@H](C)C#N. The van der Waals surface area contributed by atoms with Crippen molar-refractivity contribution in [3.8, 4) is 6.07 Å². The third kappa shape index (κ3) is 4.60. The highest BCUT2D eigenvalue weighted by molar-refractivity contribution is 6.39. The molecule has 0 aromatic heterocycles.